The minimum atomic E-state index is -0.614. The highest BCUT2D eigenvalue weighted by Gasteiger charge is 2.06. The van der Waals surface area contributed by atoms with E-state index in [-0.39, 0.29) is 5.56 Å². The predicted octanol–water partition coefficient (Wildman–Crippen LogP) is 6.21. The topological polar surface area (TPSA) is 88.2 Å². The molecule has 7 nitrogen and oxygen atoms in total. The normalized spacial score (nSPS) is 10.8. The van der Waals surface area contributed by atoms with E-state index in [1.807, 2.05) is 37.3 Å². The van der Waals surface area contributed by atoms with Crippen molar-refractivity contribution in [2.75, 3.05) is 23.1 Å². The number of hydrogen-bond donors (Lipinski definition) is 3. The van der Waals surface area contributed by atoms with Crippen molar-refractivity contribution in [2.45, 2.75) is 6.92 Å². The van der Waals surface area contributed by atoms with E-state index in [1.165, 1.54) is 6.08 Å². The van der Waals surface area contributed by atoms with Gasteiger partial charge in [-0.05, 0) is 79.7 Å². The fourth-order valence-corrected chi connectivity index (χ4v) is 3.27. The van der Waals surface area contributed by atoms with Gasteiger partial charge in [-0.25, -0.2) is 13.8 Å². The highest BCUT2D eigenvalue weighted by Crippen LogP contribution is 2.22. The molecule has 1 heterocycles. The van der Waals surface area contributed by atoms with Crippen molar-refractivity contribution in [3.63, 3.8) is 0 Å². The highest BCUT2D eigenvalue weighted by atomic mass is 19.1. The zero-order chi connectivity index (χ0) is 25.5. The molecule has 1 amide bonds. The molecule has 3 aromatic carbocycles. The second-order valence-corrected chi connectivity index (χ2v) is 7.76. The van der Waals surface area contributed by atoms with E-state index in [1.54, 1.807) is 31.4 Å². The summed E-state index contributed by atoms with van der Waals surface area (Å²) >= 11 is 0. The van der Waals surface area contributed by atoms with Crippen molar-refractivity contribution in [1.29, 1.82) is 0 Å². The molecule has 0 spiro atoms. The molecule has 0 fully saturated rings. The maximum Gasteiger partial charge on any atom is 0.248 e. The van der Waals surface area contributed by atoms with Gasteiger partial charge in [0.25, 0.3) is 0 Å². The number of methoxy groups -OCH3 is 1. The standard InChI is InChI=1S/C27H23F2N5O2/c1-17-15-25(31-20-9-11-23(36-2)12-10-20)34-27(30-17)33-22-7-5-21(6-8-22)32-26(35)14-3-18-16-19(28)4-13-24(18)29/h3-16H,1-2H3,(H,32,35)(H2,30,31,33,34)/b14-3+. The molecule has 0 aliphatic heterocycles. The van der Waals surface area contributed by atoms with Crippen LogP contribution in [0.3, 0.4) is 0 Å². The van der Waals surface area contributed by atoms with Gasteiger partial charge in [-0.2, -0.15) is 4.98 Å². The Balaban J connectivity index is 1.38. The number of anilines is 5. The van der Waals surface area contributed by atoms with Crippen LogP contribution in [0.15, 0.2) is 78.9 Å². The molecule has 9 heteroatoms. The van der Waals surface area contributed by atoms with Crippen LogP contribution in [0.1, 0.15) is 11.3 Å². The van der Waals surface area contributed by atoms with Gasteiger partial charge in [0.2, 0.25) is 11.9 Å². The average Bonchev–Trinajstić information content (AvgIpc) is 2.86. The summed E-state index contributed by atoms with van der Waals surface area (Å²) in [6.07, 6.45) is 2.36. The van der Waals surface area contributed by atoms with Crippen molar-refractivity contribution >= 4 is 40.8 Å². The number of nitrogens with zero attached hydrogens (tertiary/aromatic N) is 2. The van der Waals surface area contributed by atoms with Crippen LogP contribution >= 0.6 is 0 Å². The Morgan fingerprint density at radius 2 is 1.53 bits per heavy atom. The minimum Gasteiger partial charge on any atom is -0.497 e. The number of hydrogen-bond acceptors (Lipinski definition) is 6. The van der Waals surface area contributed by atoms with E-state index >= 15 is 0 Å². The molecule has 0 saturated carbocycles. The minimum absolute atomic E-state index is 0.0105. The van der Waals surface area contributed by atoms with Crippen LogP contribution in [0.5, 0.6) is 5.75 Å². The molecule has 0 unspecified atom stereocenters. The molecule has 182 valence electrons. The first-order chi connectivity index (χ1) is 17.4. The van der Waals surface area contributed by atoms with Gasteiger partial charge in [-0.3, -0.25) is 4.79 Å². The molecule has 0 aliphatic rings. The number of halogens is 2. The van der Waals surface area contributed by atoms with E-state index in [4.69, 9.17) is 4.74 Å². The number of carbonyl (C=O) groups excluding carboxylic acids is 1. The monoisotopic (exact) mass is 487 g/mol. The molecule has 0 atom stereocenters. The summed E-state index contributed by atoms with van der Waals surface area (Å²) in [5, 5.41) is 9.05. The molecular weight excluding hydrogens is 464 g/mol. The van der Waals surface area contributed by atoms with Crippen LogP contribution in [-0.2, 0) is 4.79 Å². The zero-order valence-electron chi connectivity index (χ0n) is 19.5. The Morgan fingerprint density at radius 1 is 0.861 bits per heavy atom. The molecule has 36 heavy (non-hydrogen) atoms. The van der Waals surface area contributed by atoms with E-state index in [0.29, 0.717) is 23.1 Å². The Hall–Kier alpha value is -4.79. The van der Waals surface area contributed by atoms with Gasteiger partial charge in [0.1, 0.15) is 23.2 Å². The van der Waals surface area contributed by atoms with E-state index in [0.717, 1.165) is 41.4 Å². The molecule has 0 saturated heterocycles. The number of rotatable bonds is 8. The Kier molecular flexibility index (Phi) is 7.50. The molecule has 4 aromatic rings. The fourth-order valence-electron chi connectivity index (χ4n) is 3.27. The third-order valence-electron chi connectivity index (χ3n) is 5.00. The van der Waals surface area contributed by atoms with Gasteiger partial charge in [0.15, 0.2) is 0 Å². The van der Waals surface area contributed by atoms with E-state index in [9.17, 15) is 13.6 Å². The van der Waals surface area contributed by atoms with Crippen LogP contribution in [0.4, 0.5) is 37.6 Å². The van der Waals surface area contributed by atoms with Gasteiger partial charge in [-0.1, -0.05) is 0 Å². The summed E-state index contributed by atoms with van der Waals surface area (Å²) in [6, 6.07) is 19.3. The molecule has 0 bridgehead atoms. The largest absolute Gasteiger partial charge is 0.497 e. The lowest BCUT2D eigenvalue weighted by Crippen LogP contribution is -2.08. The lowest BCUT2D eigenvalue weighted by molar-refractivity contribution is -0.111. The SMILES string of the molecule is COc1ccc(Nc2cc(C)nc(Nc3ccc(NC(=O)/C=C/c4cc(F)ccc4F)cc3)n2)cc1. The van der Waals surface area contributed by atoms with Crippen LogP contribution in [0.2, 0.25) is 0 Å². The molecule has 4 rings (SSSR count). The first-order valence-electron chi connectivity index (χ1n) is 11.0. The van der Waals surface area contributed by atoms with Crippen LogP contribution in [0, 0.1) is 18.6 Å². The summed E-state index contributed by atoms with van der Waals surface area (Å²) in [5.74, 6) is 0.120. The Bertz CT molecular complexity index is 1390. The lowest BCUT2D eigenvalue weighted by atomic mass is 10.2. The van der Waals surface area contributed by atoms with Gasteiger partial charge >= 0.3 is 0 Å². The molecule has 1 aromatic heterocycles. The fraction of sp³-hybridized carbons (Fsp3) is 0.0741. The lowest BCUT2D eigenvalue weighted by Gasteiger charge is -2.11. The van der Waals surface area contributed by atoms with Crippen LogP contribution in [-0.4, -0.2) is 23.0 Å². The van der Waals surface area contributed by atoms with Gasteiger partial charge < -0.3 is 20.7 Å². The summed E-state index contributed by atoms with van der Waals surface area (Å²) < 4.78 is 32.1. The first kappa shape index (κ1) is 24.3. The zero-order valence-corrected chi connectivity index (χ0v) is 19.5. The Morgan fingerprint density at radius 3 is 2.25 bits per heavy atom. The maximum atomic E-state index is 13.7. The number of nitrogens with one attached hydrogen (secondary N) is 3. The Labute approximate surface area is 206 Å². The predicted molar refractivity (Wildman–Crippen MR) is 137 cm³/mol. The third-order valence-corrected chi connectivity index (χ3v) is 5.00. The van der Waals surface area contributed by atoms with Gasteiger partial charge in [-0.15, -0.1) is 0 Å². The number of carbonyl (C=O) groups is 1. The number of amides is 1. The van der Waals surface area contributed by atoms with Crippen LogP contribution in [0.25, 0.3) is 6.08 Å². The number of ether oxygens (including phenoxy) is 1. The van der Waals surface area contributed by atoms with Crippen molar-refractivity contribution < 1.29 is 18.3 Å². The second kappa shape index (κ2) is 11.1. The molecule has 0 radical (unpaired) electrons. The summed E-state index contributed by atoms with van der Waals surface area (Å²) in [7, 11) is 1.61. The second-order valence-electron chi connectivity index (χ2n) is 7.76. The van der Waals surface area contributed by atoms with Crippen LogP contribution < -0.4 is 20.7 Å². The average molecular weight is 488 g/mol. The van der Waals surface area contributed by atoms with Crippen molar-refractivity contribution in [1.82, 2.24) is 9.97 Å². The summed E-state index contributed by atoms with van der Waals surface area (Å²) in [5.41, 5.74) is 2.86. The number of aromatic nitrogens is 2. The number of aryl methyl sites for hydroxylation is 1. The van der Waals surface area contributed by atoms with Crippen molar-refractivity contribution in [2.24, 2.45) is 0 Å². The molecular formula is C27H23F2N5O2. The first-order valence-corrected chi connectivity index (χ1v) is 11.0. The number of benzene rings is 3. The molecule has 0 aliphatic carbocycles. The van der Waals surface area contributed by atoms with Crippen molar-refractivity contribution in [3.8, 4) is 5.75 Å². The van der Waals surface area contributed by atoms with Gasteiger partial charge in [0.05, 0.1) is 7.11 Å². The summed E-state index contributed by atoms with van der Waals surface area (Å²) in [4.78, 5) is 21.1. The quantitative estimate of drug-likeness (QED) is 0.256. The molecule has 3 N–H and O–H groups in total. The van der Waals surface area contributed by atoms with E-state index in [2.05, 4.69) is 25.9 Å². The summed E-state index contributed by atoms with van der Waals surface area (Å²) in [6.45, 7) is 1.87. The van der Waals surface area contributed by atoms with Crippen molar-refractivity contribution in [3.05, 3.63) is 102 Å². The third kappa shape index (κ3) is 6.63. The highest BCUT2D eigenvalue weighted by molar-refractivity contribution is 6.02. The smallest absolute Gasteiger partial charge is 0.248 e. The van der Waals surface area contributed by atoms with E-state index < -0.39 is 17.5 Å². The van der Waals surface area contributed by atoms with Gasteiger partial charge in [0, 0.05) is 40.5 Å². The maximum absolute atomic E-state index is 13.7.